The second-order valence-electron chi connectivity index (χ2n) is 2.13. The van der Waals surface area contributed by atoms with Crippen molar-refractivity contribution in [1.82, 2.24) is 0 Å². The highest BCUT2D eigenvalue weighted by Crippen LogP contribution is 1.99. The lowest BCUT2D eigenvalue weighted by Gasteiger charge is -2.05. The summed E-state index contributed by atoms with van der Waals surface area (Å²) in [4.78, 5) is 0. The molecular formula is C5H12O3S2. The SMILES string of the molecule is CC(C)OS(=O)(=O)CCS. The fourth-order valence-corrected chi connectivity index (χ4v) is 2.03. The average molecular weight is 184 g/mol. The molecule has 0 atom stereocenters. The van der Waals surface area contributed by atoms with Crippen LogP contribution < -0.4 is 0 Å². The number of hydrogen-bond acceptors (Lipinski definition) is 4. The molecule has 0 spiro atoms. The topological polar surface area (TPSA) is 43.4 Å². The molecule has 0 rings (SSSR count). The molecule has 0 amide bonds. The lowest BCUT2D eigenvalue weighted by molar-refractivity contribution is 0.249. The van der Waals surface area contributed by atoms with Gasteiger partial charge in [-0.2, -0.15) is 21.0 Å². The minimum absolute atomic E-state index is 0.0196. The molecular weight excluding hydrogens is 172 g/mol. The van der Waals surface area contributed by atoms with E-state index in [4.69, 9.17) is 0 Å². The van der Waals surface area contributed by atoms with Gasteiger partial charge in [0.05, 0.1) is 11.9 Å². The zero-order valence-electron chi connectivity index (χ0n) is 6.07. The van der Waals surface area contributed by atoms with Gasteiger partial charge in [0.1, 0.15) is 0 Å². The van der Waals surface area contributed by atoms with Crippen LogP contribution in [0.25, 0.3) is 0 Å². The molecule has 0 fully saturated rings. The first-order valence-electron chi connectivity index (χ1n) is 3.00. The van der Waals surface area contributed by atoms with Crippen molar-refractivity contribution in [1.29, 1.82) is 0 Å². The van der Waals surface area contributed by atoms with E-state index in [-0.39, 0.29) is 11.9 Å². The van der Waals surface area contributed by atoms with Crippen molar-refractivity contribution in [2.24, 2.45) is 0 Å². The maximum Gasteiger partial charge on any atom is 0.268 e. The van der Waals surface area contributed by atoms with Crippen molar-refractivity contribution < 1.29 is 12.6 Å². The van der Waals surface area contributed by atoms with E-state index in [1.54, 1.807) is 13.8 Å². The Morgan fingerprint density at radius 2 is 2.00 bits per heavy atom. The number of rotatable bonds is 4. The Balaban J connectivity index is 3.89. The Morgan fingerprint density at radius 3 is 2.30 bits per heavy atom. The van der Waals surface area contributed by atoms with E-state index in [1.807, 2.05) is 0 Å². The first kappa shape index (κ1) is 10.3. The van der Waals surface area contributed by atoms with Crippen molar-refractivity contribution in [3.8, 4) is 0 Å². The van der Waals surface area contributed by atoms with Gasteiger partial charge >= 0.3 is 0 Å². The van der Waals surface area contributed by atoms with Crippen LogP contribution in [-0.4, -0.2) is 26.0 Å². The summed E-state index contributed by atoms with van der Waals surface area (Å²) in [7, 11) is -3.31. The van der Waals surface area contributed by atoms with Gasteiger partial charge in [-0.15, -0.1) is 0 Å². The summed E-state index contributed by atoms with van der Waals surface area (Å²) in [5.41, 5.74) is 0. The van der Waals surface area contributed by atoms with Crippen LogP contribution in [0.3, 0.4) is 0 Å². The van der Waals surface area contributed by atoms with Gasteiger partial charge in [-0.25, -0.2) is 0 Å². The average Bonchev–Trinajstić information content (AvgIpc) is 1.59. The maximum atomic E-state index is 10.8. The minimum Gasteiger partial charge on any atom is -0.267 e. The highest BCUT2D eigenvalue weighted by atomic mass is 32.2. The third kappa shape index (κ3) is 5.08. The number of hydrogen-bond donors (Lipinski definition) is 1. The van der Waals surface area contributed by atoms with E-state index in [2.05, 4.69) is 16.8 Å². The largest absolute Gasteiger partial charge is 0.268 e. The van der Waals surface area contributed by atoms with Gasteiger partial charge in [-0.05, 0) is 13.8 Å². The minimum atomic E-state index is -3.31. The quantitative estimate of drug-likeness (QED) is 0.516. The predicted molar refractivity (Wildman–Crippen MR) is 43.9 cm³/mol. The van der Waals surface area contributed by atoms with Crippen LogP contribution in [0.4, 0.5) is 0 Å². The summed E-state index contributed by atoms with van der Waals surface area (Å²) in [5.74, 6) is 0.281. The standard InChI is InChI=1S/C5H12O3S2/c1-5(2)8-10(6,7)4-3-9/h5,9H,3-4H2,1-2H3. The van der Waals surface area contributed by atoms with E-state index in [0.29, 0.717) is 5.75 Å². The fourth-order valence-electron chi connectivity index (χ4n) is 0.453. The van der Waals surface area contributed by atoms with Gasteiger partial charge < -0.3 is 0 Å². The van der Waals surface area contributed by atoms with Crippen molar-refractivity contribution in [3.05, 3.63) is 0 Å². The normalized spacial score (nSPS) is 12.4. The molecule has 10 heavy (non-hydrogen) atoms. The van der Waals surface area contributed by atoms with Gasteiger partial charge in [0.15, 0.2) is 0 Å². The monoisotopic (exact) mass is 184 g/mol. The smallest absolute Gasteiger partial charge is 0.267 e. The molecule has 0 saturated heterocycles. The van der Waals surface area contributed by atoms with Crippen LogP contribution in [0.5, 0.6) is 0 Å². The Morgan fingerprint density at radius 1 is 1.50 bits per heavy atom. The van der Waals surface area contributed by atoms with Crippen molar-refractivity contribution >= 4 is 22.7 Å². The summed E-state index contributed by atoms with van der Waals surface area (Å²) < 4.78 is 26.1. The Bertz CT molecular complexity index is 171. The maximum absolute atomic E-state index is 10.8. The van der Waals surface area contributed by atoms with Crippen molar-refractivity contribution in [3.63, 3.8) is 0 Å². The van der Waals surface area contributed by atoms with Crippen LogP contribution in [-0.2, 0) is 14.3 Å². The molecule has 0 aliphatic heterocycles. The van der Waals surface area contributed by atoms with Crippen LogP contribution in [0.15, 0.2) is 0 Å². The zero-order chi connectivity index (χ0) is 8.20. The van der Waals surface area contributed by atoms with Crippen molar-refractivity contribution in [2.45, 2.75) is 20.0 Å². The van der Waals surface area contributed by atoms with Gasteiger partial charge in [0.25, 0.3) is 10.1 Å². The van der Waals surface area contributed by atoms with Gasteiger partial charge in [0.2, 0.25) is 0 Å². The predicted octanol–water partition coefficient (Wildman–Crippen LogP) is 0.671. The van der Waals surface area contributed by atoms with E-state index in [1.165, 1.54) is 0 Å². The molecule has 0 aromatic rings. The molecule has 62 valence electrons. The third-order valence-corrected chi connectivity index (χ3v) is 2.59. The summed E-state index contributed by atoms with van der Waals surface area (Å²) in [6.45, 7) is 3.35. The van der Waals surface area contributed by atoms with E-state index in [9.17, 15) is 8.42 Å². The summed E-state index contributed by atoms with van der Waals surface area (Å²) in [6, 6.07) is 0. The first-order valence-corrected chi connectivity index (χ1v) is 5.21. The molecule has 0 N–H and O–H groups in total. The second kappa shape index (κ2) is 4.20. The lowest BCUT2D eigenvalue weighted by Crippen LogP contribution is -2.16. The Kier molecular flexibility index (Phi) is 4.31. The van der Waals surface area contributed by atoms with E-state index < -0.39 is 10.1 Å². The molecule has 0 aliphatic carbocycles. The lowest BCUT2D eigenvalue weighted by atomic mass is 10.5. The first-order chi connectivity index (χ1) is 4.48. The Labute approximate surface area is 67.3 Å². The van der Waals surface area contributed by atoms with Gasteiger partial charge in [-0.1, -0.05) is 0 Å². The van der Waals surface area contributed by atoms with Crippen LogP contribution in [0.2, 0.25) is 0 Å². The molecule has 0 radical (unpaired) electrons. The highest BCUT2D eigenvalue weighted by Gasteiger charge is 2.10. The summed E-state index contributed by atoms with van der Waals surface area (Å²) in [6.07, 6.45) is -0.273. The fraction of sp³-hybridized carbons (Fsp3) is 1.00. The molecule has 0 aromatic carbocycles. The molecule has 0 aliphatic rings. The van der Waals surface area contributed by atoms with Crippen LogP contribution >= 0.6 is 12.6 Å². The molecule has 0 unspecified atom stereocenters. The van der Waals surface area contributed by atoms with Gasteiger partial charge in [-0.3, -0.25) is 4.18 Å². The molecule has 0 bridgehead atoms. The molecule has 5 heteroatoms. The second-order valence-corrected chi connectivity index (χ2v) is 4.29. The third-order valence-electron chi connectivity index (χ3n) is 0.680. The molecule has 0 saturated carbocycles. The molecule has 0 aromatic heterocycles. The zero-order valence-corrected chi connectivity index (χ0v) is 7.78. The summed E-state index contributed by atoms with van der Waals surface area (Å²) >= 11 is 3.78. The summed E-state index contributed by atoms with van der Waals surface area (Å²) in [5, 5.41) is 0. The van der Waals surface area contributed by atoms with Crippen LogP contribution in [0, 0.1) is 0 Å². The van der Waals surface area contributed by atoms with Crippen molar-refractivity contribution in [2.75, 3.05) is 11.5 Å². The van der Waals surface area contributed by atoms with E-state index >= 15 is 0 Å². The molecule has 3 nitrogen and oxygen atoms in total. The van der Waals surface area contributed by atoms with Gasteiger partial charge in [0, 0.05) is 5.75 Å². The molecule has 0 heterocycles. The highest BCUT2D eigenvalue weighted by molar-refractivity contribution is 7.88. The van der Waals surface area contributed by atoms with E-state index in [0.717, 1.165) is 0 Å². The number of thiol groups is 1. The van der Waals surface area contributed by atoms with Crippen LogP contribution in [0.1, 0.15) is 13.8 Å². The Hall–Kier alpha value is 0.260.